The van der Waals surface area contributed by atoms with Crippen LogP contribution in [0.1, 0.15) is 39.5 Å². The van der Waals surface area contributed by atoms with Gasteiger partial charge < -0.3 is 0 Å². The van der Waals surface area contributed by atoms with Gasteiger partial charge in [0.1, 0.15) is 0 Å². The molecule has 0 aromatic rings. The van der Waals surface area contributed by atoms with Crippen molar-refractivity contribution in [3.8, 4) is 0 Å². The van der Waals surface area contributed by atoms with Crippen LogP contribution in [-0.2, 0) is 0 Å². The number of unbranched alkanes of at least 4 members (excludes halogenated alkanes) is 1. The third-order valence-electron chi connectivity index (χ3n) is 1.64. The van der Waals surface area contributed by atoms with Crippen molar-refractivity contribution in [1.29, 1.82) is 0 Å². The van der Waals surface area contributed by atoms with Crippen LogP contribution in [0.2, 0.25) is 4.75 Å². The molecule has 0 saturated heterocycles. The maximum absolute atomic E-state index is 3.82. The van der Waals surface area contributed by atoms with Gasteiger partial charge >= 0.3 is 71.0 Å². The minimum absolute atomic E-state index is 0.0128. The van der Waals surface area contributed by atoms with Crippen LogP contribution >= 0.6 is 0 Å². The van der Waals surface area contributed by atoms with E-state index >= 15 is 0 Å². The Balaban J connectivity index is 3.24. The van der Waals surface area contributed by atoms with E-state index < -0.39 is 0 Å². The van der Waals surface area contributed by atoms with E-state index in [0.29, 0.717) is 0 Å². The Morgan fingerprint density at radius 3 is 2.80 bits per heavy atom. The van der Waals surface area contributed by atoms with Gasteiger partial charge in [0, 0.05) is 0 Å². The van der Waals surface area contributed by atoms with Gasteiger partial charge in [-0.1, -0.05) is 0 Å². The summed E-state index contributed by atoms with van der Waals surface area (Å²) in [5, 5.41) is 0. The molecular weight excluding hydrogens is 181 g/mol. The Labute approximate surface area is 71.4 Å². The average molecular weight is 200 g/mol. The van der Waals surface area contributed by atoms with Crippen molar-refractivity contribution < 1.29 is 0 Å². The van der Waals surface area contributed by atoms with Crippen LogP contribution in [0.5, 0.6) is 0 Å². The summed E-state index contributed by atoms with van der Waals surface area (Å²) in [4.78, 5) is 2.43. The molecular formula is C9H19Ge. The van der Waals surface area contributed by atoms with Gasteiger partial charge in [-0.25, -0.2) is 0 Å². The molecule has 1 heteroatoms. The van der Waals surface area contributed by atoms with Gasteiger partial charge in [0.05, 0.1) is 0 Å². The summed E-state index contributed by atoms with van der Waals surface area (Å²) in [5.41, 5.74) is 0. The topological polar surface area (TPSA) is 0 Å². The normalized spacial score (nSPS) is 14.3. The molecule has 0 nitrogen and oxygen atoms in total. The number of rotatable bonds is 5. The van der Waals surface area contributed by atoms with Crippen molar-refractivity contribution in [1.82, 2.24) is 0 Å². The Kier molecular flexibility index (Phi) is 7.83. The predicted molar refractivity (Wildman–Crippen MR) is 52.1 cm³/mol. The molecule has 1 unspecified atom stereocenters. The summed E-state index contributed by atoms with van der Waals surface area (Å²) in [5.74, 6) is 0. The van der Waals surface area contributed by atoms with Crippen molar-refractivity contribution in [2.45, 2.75) is 44.3 Å². The fourth-order valence-corrected chi connectivity index (χ4v) is 3.23. The zero-order chi connectivity index (χ0) is 7.82. The fraction of sp³-hybridized carbons (Fsp3) is 0.778. The van der Waals surface area contributed by atoms with E-state index in [0.717, 1.165) is 11.2 Å². The van der Waals surface area contributed by atoms with Crippen LogP contribution in [0, 0.1) is 6.92 Å². The van der Waals surface area contributed by atoms with E-state index in [9.17, 15) is 0 Å². The van der Waals surface area contributed by atoms with E-state index in [1.165, 1.54) is 19.3 Å². The Morgan fingerprint density at radius 1 is 1.60 bits per heavy atom. The molecule has 0 saturated carbocycles. The molecule has 0 amide bonds. The third-order valence-corrected chi connectivity index (χ3v) is 4.99. The van der Waals surface area contributed by atoms with Gasteiger partial charge in [0.2, 0.25) is 0 Å². The summed E-state index contributed by atoms with van der Waals surface area (Å²) in [7, 11) is 0. The molecule has 0 aliphatic carbocycles. The standard InChI is InChI=1S/C9H19Ge/c1-4-6-7-9(3)10-8-5-2/h8-10H,2,4-7H2,1,3H3. The van der Waals surface area contributed by atoms with Gasteiger partial charge in [-0.2, -0.15) is 0 Å². The molecule has 59 valence electrons. The Morgan fingerprint density at radius 2 is 2.30 bits per heavy atom. The molecule has 0 heterocycles. The molecule has 0 rings (SSSR count). The van der Waals surface area contributed by atoms with Crippen LogP contribution in [-0.4, -0.2) is 19.8 Å². The molecule has 0 bridgehead atoms. The van der Waals surface area contributed by atoms with Crippen LogP contribution in [0.25, 0.3) is 0 Å². The Hall–Kier alpha value is 0.413. The molecule has 10 heavy (non-hydrogen) atoms. The molecule has 0 aromatic heterocycles. The molecule has 0 aliphatic heterocycles. The maximum atomic E-state index is 3.82. The molecule has 0 aliphatic rings. The van der Waals surface area contributed by atoms with E-state index in [1.54, 1.807) is 0 Å². The van der Waals surface area contributed by atoms with Gasteiger partial charge in [0.25, 0.3) is 0 Å². The first-order valence-corrected chi connectivity index (χ1v) is 7.07. The zero-order valence-electron chi connectivity index (χ0n) is 7.27. The van der Waals surface area contributed by atoms with Gasteiger partial charge in [-0.3, -0.25) is 0 Å². The van der Waals surface area contributed by atoms with Crippen LogP contribution in [0.4, 0.5) is 0 Å². The van der Waals surface area contributed by atoms with E-state index in [1.807, 2.05) is 0 Å². The second-order valence-corrected chi connectivity index (χ2v) is 7.02. The van der Waals surface area contributed by atoms with Crippen molar-refractivity contribution in [3.05, 3.63) is 6.92 Å². The number of hydrogen-bond acceptors (Lipinski definition) is 0. The second-order valence-electron chi connectivity index (χ2n) is 2.84. The van der Waals surface area contributed by atoms with Gasteiger partial charge in [-0.15, -0.1) is 0 Å². The molecule has 0 fully saturated rings. The molecule has 0 N–H and O–H groups in total. The second kappa shape index (κ2) is 7.52. The van der Waals surface area contributed by atoms with E-state index in [2.05, 4.69) is 25.6 Å². The fourth-order valence-electron chi connectivity index (χ4n) is 0.951. The SMILES string of the molecule is [CH2]C[CH]=[GeH][CH](C)CCCC. The third kappa shape index (κ3) is 6.53. The van der Waals surface area contributed by atoms with Crippen LogP contribution in [0.15, 0.2) is 0 Å². The average Bonchev–Trinajstić information content (AvgIpc) is 1.97. The van der Waals surface area contributed by atoms with Crippen molar-refractivity contribution >= 4 is 19.8 Å². The number of hydrogen-bond donors (Lipinski definition) is 0. The summed E-state index contributed by atoms with van der Waals surface area (Å²) in [6.07, 6.45) is 5.28. The summed E-state index contributed by atoms with van der Waals surface area (Å²) >= 11 is -0.0128. The first-order chi connectivity index (χ1) is 4.81. The molecule has 1 atom stereocenters. The summed E-state index contributed by atoms with van der Waals surface area (Å²) in [6.45, 7) is 8.48. The summed E-state index contributed by atoms with van der Waals surface area (Å²) in [6, 6.07) is 0. The molecule has 0 spiro atoms. The van der Waals surface area contributed by atoms with Crippen LogP contribution < -0.4 is 0 Å². The first-order valence-electron chi connectivity index (χ1n) is 4.27. The van der Waals surface area contributed by atoms with E-state index in [4.69, 9.17) is 0 Å². The quantitative estimate of drug-likeness (QED) is 0.597. The monoisotopic (exact) mass is 201 g/mol. The molecule has 0 aromatic carbocycles. The Bertz CT molecular complexity index is 86.7. The van der Waals surface area contributed by atoms with Crippen molar-refractivity contribution in [3.63, 3.8) is 0 Å². The van der Waals surface area contributed by atoms with Gasteiger partial charge in [0.15, 0.2) is 0 Å². The van der Waals surface area contributed by atoms with Crippen molar-refractivity contribution in [2.24, 2.45) is 0 Å². The first kappa shape index (κ1) is 10.4. The molecule has 1 radical (unpaired) electrons. The zero-order valence-corrected chi connectivity index (χ0v) is 9.69. The predicted octanol–water partition coefficient (Wildman–Crippen LogP) is 2.45. The van der Waals surface area contributed by atoms with Crippen LogP contribution in [0.3, 0.4) is 0 Å². The summed E-state index contributed by atoms with van der Waals surface area (Å²) < 4.78 is 1.03. The van der Waals surface area contributed by atoms with E-state index in [-0.39, 0.29) is 15.0 Å². The van der Waals surface area contributed by atoms with Crippen molar-refractivity contribution in [2.75, 3.05) is 0 Å². The van der Waals surface area contributed by atoms with Gasteiger partial charge in [-0.05, 0) is 0 Å². The minimum atomic E-state index is -0.0128.